The molecule has 0 saturated carbocycles. The minimum atomic E-state index is -0.214. The van der Waals surface area contributed by atoms with Crippen LogP contribution in [-0.4, -0.2) is 31.8 Å². The molecule has 0 aromatic heterocycles. The van der Waals surface area contributed by atoms with Gasteiger partial charge in [-0.25, -0.2) is 0 Å². The lowest BCUT2D eigenvalue weighted by atomic mass is 10.1. The van der Waals surface area contributed by atoms with Crippen molar-refractivity contribution in [3.05, 3.63) is 0 Å². The number of Topliss-reactive ketones (excluding diaryl/α,β-unsaturated/α-hetero) is 1. The fourth-order valence-corrected chi connectivity index (χ4v) is 1.01. The van der Waals surface area contributed by atoms with Gasteiger partial charge in [0.25, 0.3) is 0 Å². The van der Waals surface area contributed by atoms with Gasteiger partial charge in [-0.2, -0.15) is 0 Å². The number of rotatable bonds is 6. The van der Waals surface area contributed by atoms with Gasteiger partial charge < -0.3 is 15.4 Å². The number of nitrogens with one attached hydrogen (secondary N) is 2. The molecule has 0 fully saturated rings. The van der Waals surface area contributed by atoms with Crippen molar-refractivity contribution < 1.29 is 9.59 Å². The van der Waals surface area contributed by atoms with Crippen LogP contribution in [0.2, 0.25) is 0 Å². The molecule has 0 radical (unpaired) electrons. The first-order valence-corrected chi connectivity index (χ1v) is 4.49. The highest BCUT2D eigenvalue weighted by Crippen LogP contribution is 2.01. The van der Waals surface area contributed by atoms with E-state index in [1.807, 2.05) is 7.05 Å². The monoisotopic (exact) mass is 186 g/mol. The molecule has 0 rings (SSSR count). The van der Waals surface area contributed by atoms with Crippen molar-refractivity contribution in [2.75, 3.05) is 20.1 Å². The van der Waals surface area contributed by atoms with E-state index in [0.29, 0.717) is 13.0 Å². The number of ketones is 1. The van der Waals surface area contributed by atoms with Gasteiger partial charge in [0, 0.05) is 25.4 Å². The molecule has 0 aliphatic carbocycles. The van der Waals surface area contributed by atoms with Crippen molar-refractivity contribution in [1.29, 1.82) is 0 Å². The maximum absolute atomic E-state index is 11.3. The zero-order chi connectivity index (χ0) is 10.3. The minimum absolute atomic E-state index is 0.0505. The molecule has 0 aromatic carbocycles. The van der Waals surface area contributed by atoms with Gasteiger partial charge in [0.2, 0.25) is 5.91 Å². The van der Waals surface area contributed by atoms with E-state index in [9.17, 15) is 9.59 Å². The van der Waals surface area contributed by atoms with Crippen LogP contribution < -0.4 is 10.6 Å². The van der Waals surface area contributed by atoms with E-state index in [1.54, 1.807) is 6.92 Å². The van der Waals surface area contributed by atoms with Crippen molar-refractivity contribution in [1.82, 2.24) is 10.6 Å². The minimum Gasteiger partial charge on any atom is -0.355 e. The van der Waals surface area contributed by atoms with E-state index in [4.69, 9.17) is 0 Å². The summed E-state index contributed by atoms with van der Waals surface area (Å²) in [6, 6.07) is 0. The highest BCUT2D eigenvalue weighted by atomic mass is 16.2. The van der Waals surface area contributed by atoms with Gasteiger partial charge in [0.1, 0.15) is 5.78 Å². The maximum atomic E-state index is 11.3. The number of carbonyl (C=O) groups excluding carboxylic acids is 2. The van der Waals surface area contributed by atoms with E-state index >= 15 is 0 Å². The zero-order valence-corrected chi connectivity index (χ0v) is 8.52. The molecule has 13 heavy (non-hydrogen) atoms. The third kappa shape index (κ3) is 6.28. The molecule has 4 nitrogen and oxygen atoms in total. The van der Waals surface area contributed by atoms with E-state index in [0.717, 1.165) is 6.54 Å². The lowest BCUT2D eigenvalue weighted by Gasteiger charge is -2.09. The number of likely N-dealkylation sites (N-methyl/N-ethyl adjacent to an activating group) is 1. The van der Waals surface area contributed by atoms with E-state index in [2.05, 4.69) is 10.6 Å². The summed E-state index contributed by atoms with van der Waals surface area (Å²) in [6.07, 6.45) is 0.325. The van der Waals surface area contributed by atoms with Crippen molar-refractivity contribution in [2.24, 2.45) is 5.92 Å². The molecular formula is C9H18N2O2. The second kappa shape index (κ2) is 6.60. The Balaban J connectivity index is 3.63. The van der Waals surface area contributed by atoms with Crippen molar-refractivity contribution in [3.8, 4) is 0 Å². The summed E-state index contributed by atoms with van der Waals surface area (Å²) in [5.74, 6) is -0.212. The van der Waals surface area contributed by atoms with Gasteiger partial charge >= 0.3 is 0 Å². The quantitative estimate of drug-likeness (QED) is 0.571. The molecule has 0 aromatic rings. The topological polar surface area (TPSA) is 58.2 Å². The van der Waals surface area contributed by atoms with Crippen LogP contribution in [0.5, 0.6) is 0 Å². The predicted molar refractivity (Wildman–Crippen MR) is 51.4 cm³/mol. The van der Waals surface area contributed by atoms with Crippen LogP contribution in [0.4, 0.5) is 0 Å². The molecule has 0 bridgehead atoms. The molecule has 0 heterocycles. The highest BCUT2D eigenvalue weighted by molar-refractivity contribution is 5.85. The van der Waals surface area contributed by atoms with Crippen molar-refractivity contribution in [3.63, 3.8) is 0 Å². The van der Waals surface area contributed by atoms with E-state index in [1.165, 1.54) is 6.92 Å². The van der Waals surface area contributed by atoms with Gasteiger partial charge in [0.05, 0.1) is 0 Å². The van der Waals surface area contributed by atoms with Gasteiger partial charge in [-0.1, -0.05) is 6.92 Å². The molecule has 0 aliphatic rings. The number of hydrogen-bond donors (Lipinski definition) is 2. The van der Waals surface area contributed by atoms with Gasteiger partial charge in [-0.15, -0.1) is 0 Å². The first-order valence-electron chi connectivity index (χ1n) is 4.49. The summed E-state index contributed by atoms with van der Waals surface area (Å²) < 4.78 is 0. The first-order chi connectivity index (χ1) is 6.07. The Kier molecular flexibility index (Phi) is 6.14. The first kappa shape index (κ1) is 12.1. The van der Waals surface area contributed by atoms with E-state index in [-0.39, 0.29) is 17.6 Å². The maximum Gasteiger partial charge on any atom is 0.223 e. The third-order valence-corrected chi connectivity index (χ3v) is 1.72. The van der Waals surface area contributed by atoms with Crippen LogP contribution in [0.3, 0.4) is 0 Å². The molecule has 1 amide bonds. The molecule has 1 atom stereocenters. The lowest BCUT2D eigenvalue weighted by molar-refractivity contribution is -0.128. The van der Waals surface area contributed by atoms with Crippen LogP contribution in [-0.2, 0) is 9.59 Å². The Morgan fingerprint density at radius 3 is 2.38 bits per heavy atom. The summed E-state index contributed by atoms with van der Waals surface area (Å²) >= 11 is 0. The second-order valence-electron chi connectivity index (χ2n) is 3.20. The molecular weight excluding hydrogens is 168 g/mol. The summed E-state index contributed by atoms with van der Waals surface area (Å²) in [7, 11) is 1.82. The molecule has 4 heteroatoms. The Morgan fingerprint density at radius 2 is 1.92 bits per heavy atom. The lowest BCUT2D eigenvalue weighted by Crippen LogP contribution is -2.34. The average molecular weight is 186 g/mol. The van der Waals surface area contributed by atoms with Gasteiger partial charge in [0.15, 0.2) is 0 Å². The summed E-state index contributed by atoms with van der Waals surface area (Å²) in [6.45, 7) is 4.61. The zero-order valence-electron chi connectivity index (χ0n) is 8.52. The highest BCUT2D eigenvalue weighted by Gasteiger charge is 2.13. The number of hydrogen-bond acceptors (Lipinski definition) is 3. The van der Waals surface area contributed by atoms with Crippen LogP contribution in [0.15, 0.2) is 0 Å². The molecule has 76 valence electrons. The third-order valence-electron chi connectivity index (χ3n) is 1.72. The fraction of sp³-hybridized carbons (Fsp3) is 0.778. The Bertz CT molecular complexity index is 180. The largest absolute Gasteiger partial charge is 0.355 e. The number of amides is 1. The number of carbonyl (C=O) groups is 2. The fourth-order valence-electron chi connectivity index (χ4n) is 1.01. The molecule has 2 N–H and O–H groups in total. The summed E-state index contributed by atoms with van der Waals surface area (Å²) in [5, 5.41) is 5.66. The predicted octanol–water partition coefficient (Wildman–Crippen LogP) is -0.0628. The van der Waals surface area contributed by atoms with Crippen molar-refractivity contribution in [2.45, 2.75) is 20.3 Å². The van der Waals surface area contributed by atoms with Crippen LogP contribution in [0.25, 0.3) is 0 Å². The van der Waals surface area contributed by atoms with E-state index < -0.39 is 0 Å². The van der Waals surface area contributed by atoms with Crippen LogP contribution in [0, 0.1) is 5.92 Å². The normalized spacial score (nSPS) is 12.2. The van der Waals surface area contributed by atoms with Crippen molar-refractivity contribution >= 4 is 11.7 Å². The van der Waals surface area contributed by atoms with Crippen LogP contribution in [0.1, 0.15) is 20.3 Å². The SMILES string of the molecule is CNCCNC(=O)[C@H](C)CC(C)=O. The Morgan fingerprint density at radius 1 is 1.31 bits per heavy atom. The Labute approximate surface area is 79.1 Å². The average Bonchev–Trinajstić information content (AvgIpc) is 2.03. The molecule has 0 unspecified atom stereocenters. The van der Waals surface area contributed by atoms with Gasteiger partial charge in [-0.05, 0) is 14.0 Å². The second-order valence-corrected chi connectivity index (χ2v) is 3.20. The standard InChI is InChI=1S/C9H18N2O2/c1-7(6-8(2)12)9(13)11-5-4-10-3/h7,10H,4-6H2,1-3H3,(H,11,13)/t7-/m1/s1. The molecule has 0 aliphatic heterocycles. The molecule has 0 spiro atoms. The smallest absolute Gasteiger partial charge is 0.223 e. The summed E-state index contributed by atoms with van der Waals surface area (Å²) in [4.78, 5) is 22.0. The Hall–Kier alpha value is -0.900. The molecule has 0 saturated heterocycles. The van der Waals surface area contributed by atoms with Gasteiger partial charge in [-0.3, -0.25) is 4.79 Å². The summed E-state index contributed by atoms with van der Waals surface area (Å²) in [5.41, 5.74) is 0. The van der Waals surface area contributed by atoms with Crippen LogP contribution >= 0.6 is 0 Å².